The summed E-state index contributed by atoms with van der Waals surface area (Å²) in [4.78, 5) is 27.1. The Balaban J connectivity index is 2.16. The number of sulfonamides is 1. The third-order valence-corrected chi connectivity index (χ3v) is 4.12. The van der Waals surface area contributed by atoms with Gasteiger partial charge in [0.05, 0.1) is 19.3 Å². The lowest BCUT2D eigenvalue weighted by atomic mass is 10.0. The average molecular weight is 367 g/mol. The third kappa shape index (κ3) is 5.66. The van der Waals surface area contributed by atoms with Crippen LogP contribution in [-0.4, -0.2) is 58.1 Å². The number of carbonyl (C=O) groups is 2. The molecule has 25 heavy (non-hydrogen) atoms. The number of hydrazine groups is 1. The van der Waals surface area contributed by atoms with Crippen molar-refractivity contribution in [2.45, 2.75) is 0 Å². The lowest BCUT2D eigenvalue weighted by molar-refractivity contribution is -0.135. The number of ketones is 1. The topological polar surface area (TPSA) is 105 Å². The van der Waals surface area contributed by atoms with Crippen LogP contribution in [-0.2, 0) is 14.8 Å². The Bertz CT molecular complexity index is 758. The highest BCUT2D eigenvalue weighted by molar-refractivity contribution is 7.88. The second-order valence-electron chi connectivity index (χ2n) is 5.63. The minimum Gasteiger partial charge on any atom is -0.497 e. The van der Waals surface area contributed by atoms with Crippen LogP contribution in [0.15, 0.2) is 36.4 Å². The van der Waals surface area contributed by atoms with Crippen LogP contribution in [0.2, 0.25) is 0 Å². The molecule has 9 heteroatoms. The molecule has 1 aliphatic heterocycles. The van der Waals surface area contributed by atoms with Gasteiger partial charge in [0.2, 0.25) is 15.9 Å². The van der Waals surface area contributed by atoms with E-state index in [0.29, 0.717) is 24.4 Å². The number of methoxy groups -OCH3 is 1. The molecule has 1 amide bonds. The molecule has 2 N–H and O–H groups in total. The Kier molecular flexibility index (Phi) is 6.29. The van der Waals surface area contributed by atoms with E-state index in [1.54, 1.807) is 36.4 Å². The molecule has 1 aromatic carbocycles. The van der Waals surface area contributed by atoms with Crippen LogP contribution >= 0.6 is 0 Å². The number of hydrogen-bond donors (Lipinski definition) is 2. The Labute approximate surface area is 146 Å². The van der Waals surface area contributed by atoms with E-state index < -0.39 is 28.4 Å². The molecule has 0 aliphatic carbocycles. The van der Waals surface area contributed by atoms with Crippen molar-refractivity contribution < 1.29 is 22.7 Å². The molecule has 0 spiro atoms. The molecule has 0 aromatic heterocycles. The lowest BCUT2D eigenvalue weighted by Crippen LogP contribution is -2.52. The van der Waals surface area contributed by atoms with Crippen LogP contribution in [0.25, 0.3) is 0 Å². The fourth-order valence-electron chi connectivity index (χ4n) is 2.36. The predicted molar refractivity (Wildman–Crippen MR) is 92.5 cm³/mol. The highest BCUT2D eigenvalue weighted by Gasteiger charge is 2.27. The molecule has 1 aliphatic rings. The van der Waals surface area contributed by atoms with Crippen LogP contribution in [0.5, 0.6) is 5.75 Å². The molecule has 1 atom stereocenters. The lowest BCUT2D eigenvalue weighted by Gasteiger charge is -2.26. The summed E-state index contributed by atoms with van der Waals surface area (Å²) in [6.45, 7) is 0.630. The molecule has 1 heterocycles. The van der Waals surface area contributed by atoms with Crippen LogP contribution in [0.3, 0.4) is 0 Å². The molecule has 0 saturated heterocycles. The summed E-state index contributed by atoms with van der Waals surface area (Å²) in [5.41, 5.74) is 0.353. The first kappa shape index (κ1) is 19.1. The summed E-state index contributed by atoms with van der Waals surface area (Å²) in [5, 5.41) is 3.87. The first-order chi connectivity index (χ1) is 11.8. The number of nitrogens with zero attached hydrogens (tertiary/aromatic N) is 1. The minimum absolute atomic E-state index is 0.353. The zero-order valence-corrected chi connectivity index (χ0v) is 14.9. The van der Waals surface area contributed by atoms with Gasteiger partial charge < -0.3 is 10.1 Å². The highest BCUT2D eigenvalue weighted by atomic mass is 32.2. The van der Waals surface area contributed by atoms with Gasteiger partial charge in [0, 0.05) is 18.7 Å². The van der Waals surface area contributed by atoms with Crippen molar-refractivity contribution in [1.82, 2.24) is 15.2 Å². The van der Waals surface area contributed by atoms with E-state index in [4.69, 9.17) is 4.74 Å². The van der Waals surface area contributed by atoms with Gasteiger partial charge in [-0.05, 0) is 24.3 Å². The van der Waals surface area contributed by atoms with Crippen molar-refractivity contribution in [2.24, 2.45) is 5.92 Å². The Morgan fingerprint density at radius 3 is 2.52 bits per heavy atom. The van der Waals surface area contributed by atoms with Gasteiger partial charge in [0.1, 0.15) is 12.3 Å². The first-order valence-electron chi connectivity index (χ1n) is 7.63. The maximum absolute atomic E-state index is 12.6. The summed E-state index contributed by atoms with van der Waals surface area (Å²) < 4.78 is 28.2. The third-order valence-electron chi connectivity index (χ3n) is 3.57. The first-order valence-corrected chi connectivity index (χ1v) is 9.53. The molecule has 0 bridgehead atoms. The summed E-state index contributed by atoms with van der Waals surface area (Å²) in [6, 6.07) is 6.37. The zero-order valence-electron chi connectivity index (χ0n) is 14.1. The molecular weight excluding hydrogens is 346 g/mol. The van der Waals surface area contributed by atoms with Crippen molar-refractivity contribution >= 4 is 21.7 Å². The predicted octanol–water partition coefficient (Wildman–Crippen LogP) is -0.0537. The second kappa shape index (κ2) is 8.24. The van der Waals surface area contributed by atoms with Gasteiger partial charge in [-0.1, -0.05) is 12.2 Å². The van der Waals surface area contributed by atoms with Gasteiger partial charge in [-0.15, -0.1) is 4.83 Å². The van der Waals surface area contributed by atoms with Gasteiger partial charge in [-0.2, -0.15) is 0 Å². The van der Waals surface area contributed by atoms with Gasteiger partial charge >= 0.3 is 0 Å². The van der Waals surface area contributed by atoms with E-state index in [9.17, 15) is 18.0 Å². The minimum atomic E-state index is -3.71. The molecule has 136 valence electrons. The van der Waals surface area contributed by atoms with Crippen LogP contribution in [0.1, 0.15) is 10.4 Å². The van der Waals surface area contributed by atoms with E-state index in [1.807, 2.05) is 0 Å². The van der Waals surface area contributed by atoms with E-state index in [0.717, 1.165) is 11.3 Å². The number of Topliss-reactive ketones (excluding diaryl/α,β-unsaturated/α-hetero) is 1. The maximum Gasteiger partial charge on any atom is 0.246 e. The average Bonchev–Trinajstić information content (AvgIpc) is 2.60. The highest BCUT2D eigenvalue weighted by Crippen LogP contribution is 2.13. The fourth-order valence-corrected chi connectivity index (χ4v) is 2.91. The molecular formula is C16H21N3O5S. The van der Waals surface area contributed by atoms with Crippen LogP contribution in [0, 0.1) is 5.92 Å². The molecule has 8 nitrogen and oxygen atoms in total. The monoisotopic (exact) mass is 367 g/mol. The summed E-state index contributed by atoms with van der Waals surface area (Å²) in [5.74, 6) is -0.820. The van der Waals surface area contributed by atoms with Crippen LogP contribution in [0.4, 0.5) is 0 Å². The fraction of sp³-hybridized carbons (Fsp3) is 0.375. The van der Waals surface area contributed by atoms with Crippen molar-refractivity contribution in [1.29, 1.82) is 0 Å². The Morgan fingerprint density at radius 1 is 1.32 bits per heavy atom. The molecule has 0 radical (unpaired) electrons. The number of hydrogen-bond acceptors (Lipinski definition) is 6. The van der Waals surface area contributed by atoms with Gasteiger partial charge in [-0.3, -0.25) is 14.6 Å². The maximum atomic E-state index is 12.6. The SMILES string of the molecule is COc1ccc(C(=O)CN(NS(C)(=O)=O)C(=O)C2C=CCNC2)cc1. The molecule has 1 aromatic rings. The summed E-state index contributed by atoms with van der Waals surface area (Å²) in [7, 11) is -2.19. The number of nitrogens with one attached hydrogen (secondary N) is 2. The summed E-state index contributed by atoms with van der Waals surface area (Å²) >= 11 is 0. The molecule has 2 rings (SSSR count). The summed E-state index contributed by atoms with van der Waals surface area (Å²) in [6.07, 6.45) is 4.42. The zero-order chi connectivity index (χ0) is 18.4. The Hall–Kier alpha value is -2.23. The quantitative estimate of drug-likeness (QED) is 0.398. The van der Waals surface area contributed by atoms with Crippen molar-refractivity contribution in [3.05, 3.63) is 42.0 Å². The number of rotatable bonds is 7. The van der Waals surface area contributed by atoms with Crippen molar-refractivity contribution in [2.75, 3.05) is 33.0 Å². The number of benzene rings is 1. The normalized spacial score (nSPS) is 17.1. The van der Waals surface area contributed by atoms with Gasteiger partial charge in [0.25, 0.3) is 0 Å². The standard InChI is InChI=1S/C16H21N3O5S/c1-24-14-7-5-12(6-8-14)15(20)11-19(18-25(2,22)23)16(21)13-4-3-9-17-10-13/h3-8,13,17-18H,9-11H2,1-2H3. The van der Waals surface area contributed by atoms with Gasteiger partial charge in [0.15, 0.2) is 5.78 Å². The van der Waals surface area contributed by atoms with Crippen molar-refractivity contribution in [3.8, 4) is 5.75 Å². The largest absolute Gasteiger partial charge is 0.497 e. The van der Waals surface area contributed by atoms with E-state index in [1.165, 1.54) is 7.11 Å². The number of ether oxygens (including phenoxy) is 1. The van der Waals surface area contributed by atoms with E-state index >= 15 is 0 Å². The molecule has 0 saturated carbocycles. The van der Waals surface area contributed by atoms with Gasteiger partial charge in [-0.25, -0.2) is 8.42 Å². The second-order valence-corrected chi connectivity index (χ2v) is 7.36. The van der Waals surface area contributed by atoms with Crippen molar-refractivity contribution in [3.63, 3.8) is 0 Å². The molecule has 1 unspecified atom stereocenters. The number of amides is 1. The Morgan fingerprint density at radius 2 is 2.00 bits per heavy atom. The van der Waals surface area contributed by atoms with E-state index in [-0.39, 0.29) is 5.78 Å². The molecule has 0 fully saturated rings. The van der Waals surface area contributed by atoms with Crippen LogP contribution < -0.4 is 14.9 Å². The number of carbonyl (C=O) groups excluding carboxylic acids is 2. The van der Waals surface area contributed by atoms with E-state index in [2.05, 4.69) is 10.1 Å². The smallest absolute Gasteiger partial charge is 0.246 e.